The van der Waals surface area contributed by atoms with Gasteiger partial charge in [0.1, 0.15) is 0 Å². The number of carbonyl (C=O) groups is 1. The number of carbonyl (C=O) groups excluding carboxylic acids is 1. The predicted molar refractivity (Wildman–Crippen MR) is 84.0 cm³/mol. The van der Waals surface area contributed by atoms with Gasteiger partial charge in [-0.1, -0.05) is 22.9 Å². The van der Waals surface area contributed by atoms with Crippen molar-refractivity contribution in [3.05, 3.63) is 25.6 Å². The van der Waals surface area contributed by atoms with Gasteiger partial charge >= 0.3 is 0 Å². The van der Waals surface area contributed by atoms with Gasteiger partial charge in [-0.25, -0.2) is 0 Å². The quantitative estimate of drug-likeness (QED) is 0.777. The minimum Gasteiger partial charge on any atom is -0.309 e. The number of benzene rings is 1. The predicted octanol–water partition coefficient (Wildman–Crippen LogP) is 3.69. The molecule has 1 unspecified atom stereocenters. The van der Waals surface area contributed by atoms with E-state index in [9.17, 15) is 4.79 Å². The topological polar surface area (TPSA) is 32.3 Å². The number of halogens is 3. The van der Waals surface area contributed by atoms with Crippen LogP contribution in [-0.2, 0) is 4.79 Å². The van der Waals surface area contributed by atoms with Gasteiger partial charge in [0.25, 0.3) is 0 Å². The van der Waals surface area contributed by atoms with Crippen molar-refractivity contribution in [3.8, 4) is 0 Å². The third kappa shape index (κ3) is 2.81. The first-order valence-corrected chi connectivity index (χ1v) is 8.11. The Labute approximate surface area is 132 Å². The normalized spacial score (nSPS) is 19.7. The van der Waals surface area contributed by atoms with E-state index in [1.165, 1.54) is 0 Å². The summed E-state index contributed by atoms with van der Waals surface area (Å²) in [7, 11) is 0. The maximum atomic E-state index is 12.3. The van der Waals surface area contributed by atoms with Crippen LogP contribution < -0.4 is 10.2 Å². The molecule has 1 fully saturated rings. The van der Waals surface area contributed by atoms with Crippen LogP contribution in [0.2, 0.25) is 0 Å². The van der Waals surface area contributed by atoms with Gasteiger partial charge in [0.2, 0.25) is 5.91 Å². The van der Waals surface area contributed by atoms with E-state index in [4.69, 9.17) is 0 Å². The van der Waals surface area contributed by atoms with Crippen molar-refractivity contribution in [1.29, 1.82) is 0 Å². The molecule has 1 aliphatic rings. The van der Waals surface area contributed by atoms with E-state index in [2.05, 4.69) is 53.1 Å². The van der Waals surface area contributed by atoms with Gasteiger partial charge in [0.05, 0.1) is 11.7 Å². The van der Waals surface area contributed by atoms with Crippen LogP contribution in [0.25, 0.3) is 0 Å². The van der Waals surface area contributed by atoms with E-state index in [1.807, 2.05) is 24.0 Å². The van der Waals surface area contributed by atoms with Crippen molar-refractivity contribution >= 4 is 59.4 Å². The number of nitrogens with one attached hydrogen (secondary N) is 1. The highest BCUT2D eigenvalue weighted by Gasteiger charge is 2.33. The minimum absolute atomic E-state index is 0.0579. The van der Waals surface area contributed by atoms with Crippen LogP contribution in [0.5, 0.6) is 0 Å². The van der Waals surface area contributed by atoms with Crippen molar-refractivity contribution in [2.45, 2.75) is 19.4 Å². The smallest absolute Gasteiger partial charge is 0.244 e. The monoisotopic (exact) mass is 438 g/mol. The molecule has 0 spiro atoms. The fourth-order valence-electron chi connectivity index (χ4n) is 2.13. The minimum atomic E-state index is -0.0579. The number of amides is 1. The molecule has 1 saturated heterocycles. The lowest BCUT2D eigenvalue weighted by molar-refractivity contribution is -0.118. The van der Waals surface area contributed by atoms with Gasteiger partial charge in [-0.05, 0) is 57.0 Å². The summed E-state index contributed by atoms with van der Waals surface area (Å²) >= 11 is 10.5. The average molecular weight is 441 g/mol. The number of anilines is 1. The van der Waals surface area contributed by atoms with E-state index in [0.29, 0.717) is 0 Å². The van der Waals surface area contributed by atoms with Crippen LogP contribution in [0.15, 0.2) is 25.6 Å². The lowest BCUT2D eigenvalue weighted by Crippen LogP contribution is -2.38. The summed E-state index contributed by atoms with van der Waals surface area (Å²) in [6, 6.07) is 3.85. The third-order valence-electron chi connectivity index (χ3n) is 2.91. The number of hydrogen-bond acceptors (Lipinski definition) is 2. The lowest BCUT2D eigenvalue weighted by atomic mass is 10.2. The van der Waals surface area contributed by atoms with Gasteiger partial charge in [-0.3, -0.25) is 4.79 Å². The van der Waals surface area contributed by atoms with E-state index >= 15 is 0 Å². The maximum Gasteiger partial charge on any atom is 0.244 e. The molecule has 2 rings (SSSR count). The van der Waals surface area contributed by atoms with Gasteiger partial charge < -0.3 is 10.2 Å². The second-order valence-corrected chi connectivity index (χ2v) is 6.73. The van der Waals surface area contributed by atoms with Crippen molar-refractivity contribution in [1.82, 2.24) is 5.32 Å². The molecule has 0 aromatic heterocycles. The summed E-state index contributed by atoms with van der Waals surface area (Å²) in [5.74, 6) is 0.139. The van der Waals surface area contributed by atoms with Gasteiger partial charge in [-0.2, -0.15) is 0 Å². The molecule has 1 heterocycles. The standard InChI is InChI=1S/C12H13Br3N2O/c1-2-16-10-3-4-17(12(10)18)11-8(14)5-7(13)6-9(11)15/h5-6,10,16H,2-4H2,1H3. The molecule has 98 valence electrons. The van der Waals surface area contributed by atoms with Crippen molar-refractivity contribution in [2.75, 3.05) is 18.0 Å². The molecule has 1 aromatic carbocycles. The van der Waals surface area contributed by atoms with Crippen LogP contribution in [0.4, 0.5) is 5.69 Å². The van der Waals surface area contributed by atoms with Crippen molar-refractivity contribution in [3.63, 3.8) is 0 Å². The number of nitrogens with zero attached hydrogens (tertiary/aromatic N) is 1. The summed E-state index contributed by atoms with van der Waals surface area (Å²) in [4.78, 5) is 14.1. The first kappa shape index (κ1) is 14.5. The molecule has 1 aromatic rings. The maximum absolute atomic E-state index is 12.3. The van der Waals surface area contributed by atoms with Crippen LogP contribution >= 0.6 is 47.8 Å². The van der Waals surface area contributed by atoms with E-state index < -0.39 is 0 Å². The molecule has 18 heavy (non-hydrogen) atoms. The Balaban J connectivity index is 2.31. The molecule has 0 bridgehead atoms. The molecule has 1 amide bonds. The van der Waals surface area contributed by atoms with Crippen LogP contribution in [0.1, 0.15) is 13.3 Å². The Morgan fingerprint density at radius 1 is 1.33 bits per heavy atom. The first-order valence-electron chi connectivity index (χ1n) is 5.74. The fourth-order valence-corrected chi connectivity index (χ4v) is 4.82. The van der Waals surface area contributed by atoms with Gasteiger partial charge in [0.15, 0.2) is 0 Å². The summed E-state index contributed by atoms with van der Waals surface area (Å²) in [6.07, 6.45) is 0.849. The molecule has 6 heteroatoms. The zero-order valence-corrected chi connectivity index (χ0v) is 14.6. The van der Waals surface area contributed by atoms with E-state index in [0.717, 1.165) is 38.6 Å². The first-order chi connectivity index (χ1) is 8.54. The largest absolute Gasteiger partial charge is 0.309 e. The zero-order valence-electron chi connectivity index (χ0n) is 9.84. The van der Waals surface area contributed by atoms with Gasteiger partial charge in [-0.15, -0.1) is 0 Å². The van der Waals surface area contributed by atoms with Crippen molar-refractivity contribution in [2.24, 2.45) is 0 Å². The van der Waals surface area contributed by atoms with Gasteiger partial charge in [0, 0.05) is 20.0 Å². The molecular formula is C12H13Br3N2O. The second-order valence-electron chi connectivity index (χ2n) is 4.11. The Hall–Kier alpha value is 0.0900. The molecule has 0 saturated carbocycles. The Kier molecular flexibility index (Phi) is 4.86. The third-order valence-corrected chi connectivity index (χ3v) is 4.57. The number of likely N-dealkylation sites (N-methyl/N-ethyl adjacent to an activating group) is 1. The SMILES string of the molecule is CCNC1CCN(c2c(Br)cc(Br)cc2Br)C1=O. The molecular weight excluding hydrogens is 428 g/mol. The average Bonchev–Trinajstić information content (AvgIpc) is 2.61. The zero-order chi connectivity index (χ0) is 13.3. The highest BCUT2D eigenvalue weighted by atomic mass is 79.9. The molecule has 0 aliphatic carbocycles. The van der Waals surface area contributed by atoms with E-state index in [-0.39, 0.29) is 11.9 Å². The summed E-state index contributed by atoms with van der Waals surface area (Å²) in [5.41, 5.74) is 0.906. The van der Waals surface area contributed by atoms with Crippen LogP contribution in [0.3, 0.4) is 0 Å². The van der Waals surface area contributed by atoms with Crippen LogP contribution in [-0.4, -0.2) is 25.0 Å². The summed E-state index contributed by atoms with van der Waals surface area (Å²) < 4.78 is 2.79. The number of hydrogen-bond donors (Lipinski definition) is 1. The number of rotatable bonds is 3. The Morgan fingerprint density at radius 2 is 1.94 bits per heavy atom. The lowest BCUT2D eigenvalue weighted by Gasteiger charge is -2.20. The Bertz CT molecular complexity index is 455. The summed E-state index contributed by atoms with van der Waals surface area (Å²) in [6.45, 7) is 3.57. The molecule has 1 aliphatic heterocycles. The molecule has 0 radical (unpaired) electrons. The highest BCUT2D eigenvalue weighted by molar-refractivity contribution is 9.11. The Morgan fingerprint density at radius 3 is 2.50 bits per heavy atom. The second kappa shape index (κ2) is 6.03. The molecule has 1 atom stereocenters. The van der Waals surface area contributed by atoms with Crippen molar-refractivity contribution < 1.29 is 4.79 Å². The van der Waals surface area contributed by atoms with Crippen LogP contribution in [0, 0.1) is 0 Å². The summed E-state index contributed by atoms with van der Waals surface area (Å²) in [5, 5.41) is 3.21. The fraction of sp³-hybridized carbons (Fsp3) is 0.417. The highest BCUT2D eigenvalue weighted by Crippen LogP contribution is 2.38. The molecule has 1 N–H and O–H groups in total. The van der Waals surface area contributed by atoms with E-state index in [1.54, 1.807) is 0 Å². The molecule has 3 nitrogen and oxygen atoms in total.